The zero-order valence-corrected chi connectivity index (χ0v) is 16.7. The SMILES string of the molecule is C=C(C)c1ccc2c(-c3csc(C(=O)NC4C(N)CCCC4(F)F)n3)cnn2c1. The molecule has 3 aromatic heterocycles. The van der Waals surface area contributed by atoms with Gasteiger partial charge in [-0.2, -0.15) is 5.10 Å². The molecular weight excluding hydrogens is 396 g/mol. The zero-order chi connectivity index (χ0) is 20.8. The summed E-state index contributed by atoms with van der Waals surface area (Å²) >= 11 is 1.10. The molecule has 1 amide bonds. The van der Waals surface area contributed by atoms with Gasteiger partial charge >= 0.3 is 0 Å². The maximum atomic E-state index is 14.2. The first-order valence-electron chi connectivity index (χ1n) is 9.30. The van der Waals surface area contributed by atoms with E-state index in [1.807, 2.05) is 25.3 Å². The van der Waals surface area contributed by atoms with Crippen LogP contribution < -0.4 is 11.1 Å². The van der Waals surface area contributed by atoms with Crippen molar-refractivity contribution in [1.82, 2.24) is 19.9 Å². The van der Waals surface area contributed by atoms with E-state index >= 15 is 0 Å². The van der Waals surface area contributed by atoms with Gasteiger partial charge in [0, 0.05) is 29.6 Å². The highest BCUT2D eigenvalue weighted by Gasteiger charge is 2.46. The Balaban J connectivity index is 1.57. The molecule has 1 saturated carbocycles. The quantitative estimate of drug-likeness (QED) is 0.677. The highest BCUT2D eigenvalue weighted by molar-refractivity contribution is 7.12. The highest BCUT2D eigenvalue weighted by Crippen LogP contribution is 2.33. The number of aromatic nitrogens is 3. The molecule has 6 nitrogen and oxygen atoms in total. The molecule has 29 heavy (non-hydrogen) atoms. The van der Waals surface area contributed by atoms with Gasteiger partial charge in [-0.3, -0.25) is 4.79 Å². The van der Waals surface area contributed by atoms with Crippen LogP contribution in [0.5, 0.6) is 0 Å². The molecule has 2 atom stereocenters. The molecule has 152 valence electrons. The molecule has 2 unspecified atom stereocenters. The fourth-order valence-electron chi connectivity index (χ4n) is 3.56. The first-order valence-corrected chi connectivity index (χ1v) is 10.2. The van der Waals surface area contributed by atoms with Crippen LogP contribution in [0.2, 0.25) is 0 Å². The Hall–Kier alpha value is -2.65. The summed E-state index contributed by atoms with van der Waals surface area (Å²) in [5, 5.41) is 8.57. The summed E-state index contributed by atoms with van der Waals surface area (Å²) in [4.78, 5) is 16.9. The van der Waals surface area contributed by atoms with Gasteiger partial charge in [-0.25, -0.2) is 18.3 Å². The number of fused-ring (bicyclic) bond motifs is 1. The second kappa shape index (κ2) is 7.31. The summed E-state index contributed by atoms with van der Waals surface area (Å²) in [6.45, 7) is 5.84. The number of thiazole rings is 1. The van der Waals surface area contributed by atoms with Crippen LogP contribution in [-0.2, 0) is 0 Å². The van der Waals surface area contributed by atoms with Gasteiger partial charge in [0.15, 0.2) is 5.01 Å². The van der Waals surface area contributed by atoms with Gasteiger partial charge in [-0.15, -0.1) is 11.3 Å². The van der Waals surface area contributed by atoms with Gasteiger partial charge in [0.25, 0.3) is 11.8 Å². The number of halogens is 2. The topological polar surface area (TPSA) is 85.3 Å². The number of nitrogens with one attached hydrogen (secondary N) is 1. The maximum Gasteiger partial charge on any atom is 0.280 e. The number of hydrogen-bond donors (Lipinski definition) is 2. The Labute approximate surface area is 170 Å². The van der Waals surface area contributed by atoms with E-state index < -0.39 is 23.9 Å². The molecule has 0 spiro atoms. The summed E-state index contributed by atoms with van der Waals surface area (Å²) in [7, 11) is 0. The predicted molar refractivity (Wildman–Crippen MR) is 109 cm³/mol. The molecule has 0 aromatic carbocycles. The number of carbonyl (C=O) groups excluding carboxylic acids is 1. The van der Waals surface area contributed by atoms with Crippen LogP contribution in [0.4, 0.5) is 8.78 Å². The lowest BCUT2D eigenvalue weighted by molar-refractivity contribution is -0.0674. The van der Waals surface area contributed by atoms with E-state index in [1.165, 1.54) is 0 Å². The first-order chi connectivity index (χ1) is 13.8. The molecule has 0 bridgehead atoms. The van der Waals surface area contributed by atoms with Gasteiger partial charge in [-0.1, -0.05) is 12.6 Å². The van der Waals surface area contributed by atoms with Crippen molar-refractivity contribution in [3.8, 4) is 11.3 Å². The van der Waals surface area contributed by atoms with Gasteiger partial charge in [0.1, 0.15) is 6.04 Å². The van der Waals surface area contributed by atoms with Crippen molar-refractivity contribution < 1.29 is 13.6 Å². The Morgan fingerprint density at radius 3 is 2.97 bits per heavy atom. The average Bonchev–Trinajstić information content (AvgIpc) is 3.30. The number of alkyl halides is 2. The van der Waals surface area contributed by atoms with Gasteiger partial charge in [0.2, 0.25) is 0 Å². The van der Waals surface area contributed by atoms with E-state index in [1.54, 1.807) is 16.1 Å². The standard InChI is InChI=1S/C20H21F2N5OS/c1-11(2)12-5-6-16-13(8-24-27(16)9-12)15-10-29-19(25-15)18(28)26-17-14(23)4-3-7-20(17,21)22/h5-6,8-10,14,17H,1,3-4,7,23H2,2H3,(H,26,28). The third-order valence-corrected chi connectivity index (χ3v) is 6.04. The Morgan fingerprint density at radius 2 is 2.24 bits per heavy atom. The summed E-state index contributed by atoms with van der Waals surface area (Å²) in [5.41, 5.74) is 9.88. The van der Waals surface area contributed by atoms with Crippen molar-refractivity contribution in [3.63, 3.8) is 0 Å². The van der Waals surface area contributed by atoms with Gasteiger partial charge in [-0.05, 0) is 37.0 Å². The second-order valence-electron chi connectivity index (χ2n) is 7.39. The number of amides is 1. The van der Waals surface area contributed by atoms with Crippen molar-refractivity contribution in [2.24, 2.45) is 5.73 Å². The van der Waals surface area contributed by atoms with Crippen molar-refractivity contribution in [2.75, 3.05) is 0 Å². The number of rotatable bonds is 4. The average molecular weight is 417 g/mol. The highest BCUT2D eigenvalue weighted by atomic mass is 32.1. The van der Waals surface area contributed by atoms with E-state index in [2.05, 4.69) is 22.0 Å². The molecule has 9 heteroatoms. The van der Waals surface area contributed by atoms with Crippen LogP contribution in [0.3, 0.4) is 0 Å². The normalized spacial score (nSPS) is 21.2. The van der Waals surface area contributed by atoms with Crippen LogP contribution in [0, 0.1) is 0 Å². The number of allylic oxidation sites excluding steroid dienone is 1. The monoisotopic (exact) mass is 417 g/mol. The summed E-state index contributed by atoms with van der Waals surface area (Å²) in [6, 6.07) is 1.69. The van der Waals surface area contributed by atoms with E-state index in [-0.39, 0.29) is 11.4 Å². The van der Waals surface area contributed by atoms with Crippen LogP contribution in [-0.4, -0.2) is 38.5 Å². The fraction of sp³-hybridized carbons (Fsp3) is 0.350. The lowest BCUT2D eigenvalue weighted by Gasteiger charge is -2.36. The zero-order valence-electron chi connectivity index (χ0n) is 15.9. The number of pyridine rings is 1. The van der Waals surface area contributed by atoms with E-state index in [9.17, 15) is 13.6 Å². The Bertz CT molecular complexity index is 1090. The molecule has 1 fully saturated rings. The van der Waals surface area contributed by atoms with Gasteiger partial charge in [0.05, 0.1) is 17.4 Å². The molecule has 0 radical (unpaired) electrons. The van der Waals surface area contributed by atoms with E-state index in [4.69, 9.17) is 5.73 Å². The molecule has 4 rings (SSSR count). The third-order valence-electron chi connectivity index (χ3n) is 5.20. The third kappa shape index (κ3) is 3.67. The minimum absolute atomic E-state index is 0.117. The van der Waals surface area contributed by atoms with Crippen LogP contribution in [0.25, 0.3) is 22.3 Å². The number of nitrogens with zero attached hydrogens (tertiary/aromatic N) is 3. The van der Waals surface area contributed by atoms with Crippen molar-refractivity contribution in [3.05, 3.63) is 47.1 Å². The summed E-state index contributed by atoms with van der Waals surface area (Å²) < 4.78 is 30.0. The largest absolute Gasteiger partial charge is 0.340 e. The molecule has 1 aliphatic carbocycles. The van der Waals surface area contributed by atoms with Gasteiger partial charge < -0.3 is 11.1 Å². The molecule has 0 saturated heterocycles. The lowest BCUT2D eigenvalue weighted by atomic mass is 9.87. The molecule has 0 aliphatic heterocycles. The van der Waals surface area contributed by atoms with Crippen molar-refractivity contribution in [2.45, 2.75) is 44.2 Å². The van der Waals surface area contributed by atoms with Crippen LogP contribution in [0.1, 0.15) is 41.6 Å². The number of carbonyl (C=O) groups is 1. The minimum atomic E-state index is -3.02. The predicted octanol–water partition coefficient (Wildman–Crippen LogP) is 3.74. The van der Waals surface area contributed by atoms with Crippen LogP contribution in [0.15, 0.2) is 36.5 Å². The summed E-state index contributed by atoms with van der Waals surface area (Å²) in [6.07, 6.45) is 4.07. The van der Waals surface area contributed by atoms with Crippen molar-refractivity contribution >= 4 is 28.3 Å². The Kier molecular flexibility index (Phi) is 4.95. The number of hydrogen-bond acceptors (Lipinski definition) is 5. The number of nitrogens with two attached hydrogens (primary N) is 1. The fourth-order valence-corrected chi connectivity index (χ4v) is 4.28. The molecule has 3 aromatic rings. The molecule has 1 aliphatic rings. The minimum Gasteiger partial charge on any atom is -0.340 e. The van der Waals surface area contributed by atoms with E-state index in [0.717, 1.165) is 33.6 Å². The molecular formula is C20H21F2N5OS. The maximum absolute atomic E-state index is 14.2. The smallest absolute Gasteiger partial charge is 0.280 e. The second-order valence-corrected chi connectivity index (χ2v) is 8.25. The molecule has 3 N–H and O–H groups in total. The lowest BCUT2D eigenvalue weighted by Crippen LogP contribution is -2.59. The summed E-state index contributed by atoms with van der Waals surface area (Å²) in [5.74, 6) is -3.65. The van der Waals surface area contributed by atoms with Crippen LogP contribution >= 0.6 is 11.3 Å². The Morgan fingerprint density at radius 1 is 1.45 bits per heavy atom. The first kappa shape index (κ1) is 19.7. The molecule has 3 heterocycles. The van der Waals surface area contributed by atoms with E-state index in [0.29, 0.717) is 18.5 Å². The van der Waals surface area contributed by atoms with Crippen molar-refractivity contribution in [1.29, 1.82) is 0 Å².